The van der Waals surface area contributed by atoms with Crippen molar-refractivity contribution in [3.63, 3.8) is 0 Å². The van der Waals surface area contributed by atoms with Gasteiger partial charge in [-0.15, -0.1) is 11.3 Å². The molecule has 0 fully saturated rings. The third-order valence-corrected chi connectivity index (χ3v) is 3.50. The van der Waals surface area contributed by atoms with Crippen LogP contribution in [-0.2, 0) is 6.42 Å². The molecule has 0 amide bonds. The third-order valence-electron chi connectivity index (χ3n) is 2.98. The summed E-state index contributed by atoms with van der Waals surface area (Å²) in [6.45, 7) is 4.40. The van der Waals surface area contributed by atoms with Gasteiger partial charge in [-0.05, 0) is 35.2 Å². The quantitative estimate of drug-likeness (QED) is 0.605. The second kappa shape index (κ2) is 6.31. The van der Waals surface area contributed by atoms with Gasteiger partial charge in [-0.1, -0.05) is 43.3 Å². The second-order valence-corrected chi connectivity index (χ2v) is 4.87. The monoisotopic (exact) mass is 255 g/mol. The van der Waals surface area contributed by atoms with E-state index in [0.29, 0.717) is 0 Å². The Kier molecular flexibility index (Phi) is 4.48. The number of fused-ring (bicyclic) bond motifs is 1. The lowest BCUT2D eigenvalue weighted by atomic mass is 9.98. The molecule has 0 aliphatic heterocycles. The average Bonchev–Trinajstić information content (AvgIpc) is 2.98. The Balaban J connectivity index is 0.000000202. The van der Waals surface area contributed by atoms with Gasteiger partial charge in [0.2, 0.25) is 0 Å². The second-order valence-electron chi connectivity index (χ2n) is 4.11. The lowest BCUT2D eigenvalue weighted by Crippen LogP contribution is -1.87. The van der Waals surface area contributed by atoms with E-state index in [0.717, 1.165) is 6.42 Å². The molecule has 1 aromatic heterocycles. The van der Waals surface area contributed by atoms with Crippen LogP contribution in [0.5, 0.6) is 0 Å². The number of hydrogen-bond acceptors (Lipinski definition) is 2. The molecule has 92 valence electrons. The Bertz CT molecular complexity index is 582. The Morgan fingerprint density at radius 2 is 1.94 bits per heavy atom. The first-order valence-electron chi connectivity index (χ1n) is 6.12. The molecule has 2 aromatic carbocycles. The van der Waals surface area contributed by atoms with Crippen LogP contribution >= 0.6 is 11.3 Å². The highest BCUT2D eigenvalue weighted by molar-refractivity contribution is 7.07. The van der Waals surface area contributed by atoms with Gasteiger partial charge in [0.1, 0.15) is 0 Å². The van der Waals surface area contributed by atoms with Gasteiger partial charge in [-0.25, -0.2) is 0 Å². The van der Waals surface area contributed by atoms with E-state index in [4.69, 9.17) is 0 Å². The molecule has 18 heavy (non-hydrogen) atoms. The molecule has 1 heterocycles. The normalized spacial score (nSPS) is 9.89. The number of aromatic nitrogens is 1. The minimum atomic E-state index is 1.12. The number of aryl methyl sites for hydroxylation is 2. The lowest BCUT2D eigenvalue weighted by molar-refractivity contribution is 1.13. The van der Waals surface area contributed by atoms with E-state index in [1.165, 1.54) is 21.9 Å². The summed E-state index contributed by atoms with van der Waals surface area (Å²) in [5.74, 6) is 0. The Morgan fingerprint density at radius 1 is 1.11 bits per heavy atom. The van der Waals surface area contributed by atoms with E-state index in [1.54, 1.807) is 23.0 Å². The maximum Gasteiger partial charge on any atom is 0.0791 e. The van der Waals surface area contributed by atoms with Crippen LogP contribution < -0.4 is 0 Å². The van der Waals surface area contributed by atoms with E-state index < -0.39 is 0 Å². The van der Waals surface area contributed by atoms with Crippen LogP contribution in [0.3, 0.4) is 0 Å². The maximum absolute atomic E-state index is 3.74. The van der Waals surface area contributed by atoms with Gasteiger partial charge < -0.3 is 0 Å². The molecule has 3 aromatic rings. The van der Waals surface area contributed by atoms with Gasteiger partial charge in [0.25, 0.3) is 0 Å². The highest BCUT2D eigenvalue weighted by Gasteiger charge is 2.00. The zero-order valence-electron chi connectivity index (χ0n) is 10.8. The van der Waals surface area contributed by atoms with Crippen molar-refractivity contribution in [1.29, 1.82) is 0 Å². The molecule has 0 saturated heterocycles. The fraction of sp³-hybridized carbons (Fsp3) is 0.188. The summed E-state index contributed by atoms with van der Waals surface area (Å²) in [5.41, 5.74) is 4.68. The van der Waals surface area contributed by atoms with Gasteiger partial charge in [-0.2, -0.15) is 0 Å². The fourth-order valence-corrected chi connectivity index (χ4v) is 2.44. The largest absolute Gasteiger partial charge is 0.253 e. The van der Waals surface area contributed by atoms with Crippen molar-refractivity contribution in [2.75, 3.05) is 0 Å². The molecule has 1 nitrogen and oxygen atoms in total. The smallest absolute Gasteiger partial charge is 0.0791 e. The van der Waals surface area contributed by atoms with Crippen molar-refractivity contribution in [2.45, 2.75) is 20.3 Å². The Labute approximate surface area is 112 Å². The molecular formula is C16H17NS. The molecule has 3 rings (SSSR count). The summed E-state index contributed by atoms with van der Waals surface area (Å²) in [4.78, 5) is 3.74. The molecule has 0 unspecified atom stereocenters. The number of hydrogen-bond donors (Lipinski definition) is 0. The van der Waals surface area contributed by atoms with Crippen LogP contribution in [0.4, 0.5) is 0 Å². The van der Waals surface area contributed by atoms with Crippen molar-refractivity contribution in [1.82, 2.24) is 4.98 Å². The van der Waals surface area contributed by atoms with E-state index >= 15 is 0 Å². The predicted octanol–water partition coefficient (Wildman–Crippen LogP) is 4.85. The van der Waals surface area contributed by atoms with Crippen molar-refractivity contribution < 1.29 is 0 Å². The molecular weight excluding hydrogens is 238 g/mol. The predicted molar refractivity (Wildman–Crippen MR) is 80.2 cm³/mol. The standard InChI is InChI=1S/C13H14.C3H3NS/c1-3-12-10(2)8-9-11-6-4-5-7-13(11)12;1-2-5-3-4-1/h4-9H,3H2,1-2H3;1-3H. The summed E-state index contributed by atoms with van der Waals surface area (Å²) in [5, 5.41) is 4.69. The van der Waals surface area contributed by atoms with Gasteiger partial charge in [0.15, 0.2) is 0 Å². The average molecular weight is 255 g/mol. The van der Waals surface area contributed by atoms with E-state index in [-0.39, 0.29) is 0 Å². The maximum atomic E-state index is 3.74. The lowest BCUT2D eigenvalue weighted by Gasteiger charge is -2.07. The molecule has 0 bridgehead atoms. The first-order chi connectivity index (χ1) is 8.83. The number of nitrogens with zero attached hydrogens (tertiary/aromatic N) is 1. The van der Waals surface area contributed by atoms with Crippen LogP contribution in [0.2, 0.25) is 0 Å². The van der Waals surface area contributed by atoms with Gasteiger partial charge >= 0.3 is 0 Å². The van der Waals surface area contributed by atoms with Crippen molar-refractivity contribution in [3.05, 3.63) is 64.6 Å². The van der Waals surface area contributed by atoms with Crippen LogP contribution in [0.25, 0.3) is 10.8 Å². The Morgan fingerprint density at radius 3 is 2.56 bits per heavy atom. The highest BCUT2D eigenvalue weighted by Crippen LogP contribution is 2.22. The minimum Gasteiger partial charge on any atom is -0.253 e. The van der Waals surface area contributed by atoms with Crippen molar-refractivity contribution in [3.8, 4) is 0 Å². The number of benzene rings is 2. The van der Waals surface area contributed by atoms with Crippen molar-refractivity contribution in [2.24, 2.45) is 0 Å². The van der Waals surface area contributed by atoms with Gasteiger partial charge in [0.05, 0.1) is 5.51 Å². The van der Waals surface area contributed by atoms with Gasteiger partial charge in [-0.3, -0.25) is 4.98 Å². The highest BCUT2D eigenvalue weighted by atomic mass is 32.1. The molecule has 0 aliphatic carbocycles. The van der Waals surface area contributed by atoms with Gasteiger partial charge in [0, 0.05) is 11.6 Å². The zero-order chi connectivity index (χ0) is 12.8. The summed E-state index contributed by atoms with van der Waals surface area (Å²) >= 11 is 1.60. The molecule has 2 heteroatoms. The van der Waals surface area contributed by atoms with Crippen LogP contribution in [0, 0.1) is 6.92 Å². The summed E-state index contributed by atoms with van der Waals surface area (Å²) in [6.07, 6.45) is 2.89. The molecule has 0 radical (unpaired) electrons. The van der Waals surface area contributed by atoms with E-state index in [9.17, 15) is 0 Å². The SMILES string of the molecule is CCc1c(C)ccc2ccccc12.c1cscn1. The van der Waals surface area contributed by atoms with Crippen LogP contribution in [-0.4, -0.2) is 4.98 Å². The molecule has 0 saturated carbocycles. The summed E-state index contributed by atoms with van der Waals surface area (Å²) in [7, 11) is 0. The summed E-state index contributed by atoms with van der Waals surface area (Å²) in [6, 6.07) is 13.0. The van der Waals surface area contributed by atoms with Crippen LogP contribution in [0.15, 0.2) is 53.5 Å². The topological polar surface area (TPSA) is 12.9 Å². The number of thiazole rings is 1. The molecule has 0 atom stereocenters. The first kappa shape index (κ1) is 12.8. The van der Waals surface area contributed by atoms with E-state index in [2.05, 4.69) is 55.2 Å². The minimum absolute atomic E-state index is 1.12. The molecule has 0 aliphatic rings. The third kappa shape index (κ3) is 2.96. The Hall–Kier alpha value is -1.67. The fourth-order valence-electron chi connectivity index (χ4n) is 2.09. The van der Waals surface area contributed by atoms with Crippen LogP contribution in [0.1, 0.15) is 18.1 Å². The summed E-state index contributed by atoms with van der Waals surface area (Å²) < 4.78 is 0. The van der Waals surface area contributed by atoms with E-state index in [1.807, 2.05) is 5.38 Å². The molecule has 0 N–H and O–H groups in total. The van der Waals surface area contributed by atoms with Crippen molar-refractivity contribution >= 4 is 22.1 Å². The first-order valence-corrected chi connectivity index (χ1v) is 7.06. The number of rotatable bonds is 1. The zero-order valence-corrected chi connectivity index (χ0v) is 11.6. The molecule has 0 spiro atoms.